The Morgan fingerprint density at radius 1 is 1.03 bits per heavy atom. The second-order valence-corrected chi connectivity index (χ2v) is 9.72. The molecular formula is C26H28N6O2. The third kappa shape index (κ3) is 4.19. The highest BCUT2D eigenvalue weighted by molar-refractivity contribution is 5.81. The fourth-order valence-corrected chi connectivity index (χ4v) is 4.35. The zero-order valence-electron chi connectivity index (χ0n) is 19.6. The number of nitrogens with zero attached hydrogens (tertiary/aromatic N) is 4. The van der Waals surface area contributed by atoms with E-state index in [2.05, 4.69) is 27.5 Å². The van der Waals surface area contributed by atoms with Crippen LogP contribution < -0.4 is 11.1 Å². The number of alkyl carbamates (subject to hydrolysis) is 1. The van der Waals surface area contributed by atoms with Crippen LogP contribution in [0.5, 0.6) is 0 Å². The molecule has 5 rings (SSSR count). The fraction of sp³-hybridized carbons (Fsp3) is 0.308. The van der Waals surface area contributed by atoms with Gasteiger partial charge in [-0.1, -0.05) is 54.6 Å². The maximum Gasteiger partial charge on any atom is 0.408 e. The van der Waals surface area contributed by atoms with E-state index >= 15 is 0 Å². The number of hydrogen-bond acceptors (Lipinski definition) is 6. The number of fused-ring (bicyclic) bond motifs is 1. The van der Waals surface area contributed by atoms with Crippen LogP contribution in [-0.2, 0) is 10.3 Å². The van der Waals surface area contributed by atoms with E-state index in [4.69, 9.17) is 15.5 Å². The normalized spacial score (nSPS) is 15.0. The van der Waals surface area contributed by atoms with Crippen LogP contribution in [0.3, 0.4) is 0 Å². The van der Waals surface area contributed by atoms with Crippen molar-refractivity contribution in [3.05, 3.63) is 66.4 Å². The molecule has 0 saturated heterocycles. The van der Waals surface area contributed by atoms with Gasteiger partial charge in [-0.3, -0.25) is 0 Å². The molecule has 0 spiro atoms. The first kappa shape index (κ1) is 21.9. The minimum Gasteiger partial charge on any atom is -0.444 e. The molecule has 0 atom stereocenters. The minimum atomic E-state index is -0.540. The molecule has 8 nitrogen and oxygen atoms in total. The molecule has 2 heterocycles. The molecule has 2 aromatic heterocycles. The lowest BCUT2D eigenvalue weighted by Crippen LogP contribution is -2.52. The van der Waals surface area contributed by atoms with Gasteiger partial charge in [0.15, 0.2) is 0 Å². The van der Waals surface area contributed by atoms with Crippen LogP contribution in [0.25, 0.3) is 28.2 Å². The average molecular weight is 457 g/mol. The van der Waals surface area contributed by atoms with E-state index in [0.29, 0.717) is 5.78 Å². The van der Waals surface area contributed by atoms with Crippen molar-refractivity contribution in [1.29, 1.82) is 0 Å². The average Bonchev–Trinajstić information content (AvgIpc) is 3.14. The smallest absolute Gasteiger partial charge is 0.408 e. The van der Waals surface area contributed by atoms with Crippen LogP contribution in [0.15, 0.2) is 60.8 Å². The first-order valence-corrected chi connectivity index (χ1v) is 11.4. The van der Waals surface area contributed by atoms with E-state index in [1.54, 1.807) is 4.52 Å². The van der Waals surface area contributed by atoms with Crippen LogP contribution in [-0.4, -0.2) is 31.3 Å². The number of anilines is 1. The van der Waals surface area contributed by atoms with Gasteiger partial charge in [-0.05, 0) is 51.2 Å². The molecule has 1 fully saturated rings. The number of ether oxygens (including phenoxy) is 1. The number of carbonyl (C=O) groups is 1. The number of nitrogens with one attached hydrogen (secondary N) is 1. The highest BCUT2D eigenvalue weighted by Gasteiger charge is 2.41. The van der Waals surface area contributed by atoms with E-state index in [-0.39, 0.29) is 12.0 Å². The van der Waals surface area contributed by atoms with E-state index in [1.165, 1.54) is 0 Å². The molecule has 1 aliphatic rings. The monoisotopic (exact) mass is 456 g/mol. The van der Waals surface area contributed by atoms with Gasteiger partial charge in [0.05, 0.1) is 11.2 Å². The van der Waals surface area contributed by atoms with E-state index < -0.39 is 11.1 Å². The number of amides is 1. The molecule has 1 aliphatic carbocycles. The standard InChI is InChI=1S/C26H28N6O2/c1-25(2,3)34-24(33)30-26(14-7-15-26)19-12-10-18(11-13-19)21-20(17-8-5-4-6-9-17)16-32-23(28-21)29-22(27)31-32/h4-6,8-13,16H,7,14-15H2,1-3H3,(H2,27,31)(H,30,33). The van der Waals surface area contributed by atoms with E-state index in [9.17, 15) is 4.79 Å². The lowest BCUT2D eigenvalue weighted by molar-refractivity contribution is 0.0377. The van der Waals surface area contributed by atoms with Crippen LogP contribution in [0.2, 0.25) is 0 Å². The number of carbonyl (C=O) groups excluding carboxylic acids is 1. The Kier molecular flexibility index (Phi) is 5.23. The Labute approximate surface area is 198 Å². The summed E-state index contributed by atoms with van der Waals surface area (Å²) in [4.78, 5) is 21.5. The van der Waals surface area contributed by atoms with Crippen molar-refractivity contribution < 1.29 is 9.53 Å². The molecule has 4 aromatic rings. The molecule has 0 bridgehead atoms. The largest absolute Gasteiger partial charge is 0.444 e. The highest BCUT2D eigenvalue weighted by atomic mass is 16.6. The first-order valence-electron chi connectivity index (χ1n) is 11.4. The van der Waals surface area contributed by atoms with Crippen molar-refractivity contribution in [2.75, 3.05) is 5.73 Å². The predicted molar refractivity (Wildman–Crippen MR) is 131 cm³/mol. The molecule has 174 valence electrons. The van der Waals surface area contributed by atoms with Crippen LogP contribution in [0.4, 0.5) is 10.7 Å². The maximum atomic E-state index is 12.5. The minimum absolute atomic E-state index is 0.180. The van der Waals surface area contributed by atoms with Gasteiger partial charge in [0.25, 0.3) is 5.78 Å². The van der Waals surface area contributed by atoms with E-state index in [0.717, 1.165) is 47.2 Å². The van der Waals surface area contributed by atoms with Gasteiger partial charge >= 0.3 is 6.09 Å². The SMILES string of the molecule is CC(C)(C)OC(=O)NC1(c2ccc(-c3nc4nc(N)nn4cc3-c3ccccc3)cc2)CCC1. The summed E-state index contributed by atoms with van der Waals surface area (Å²) < 4.78 is 7.11. The van der Waals surface area contributed by atoms with Crippen molar-refractivity contribution in [3.63, 3.8) is 0 Å². The van der Waals surface area contributed by atoms with Gasteiger partial charge in [0.2, 0.25) is 5.95 Å². The quantitative estimate of drug-likeness (QED) is 0.450. The third-order valence-electron chi connectivity index (χ3n) is 6.09. The molecule has 34 heavy (non-hydrogen) atoms. The number of nitrogen functional groups attached to an aromatic ring is 1. The molecule has 0 unspecified atom stereocenters. The Morgan fingerprint density at radius 3 is 2.35 bits per heavy atom. The number of benzene rings is 2. The van der Waals surface area contributed by atoms with Gasteiger partial charge in [-0.15, -0.1) is 5.10 Å². The molecule has 3 N–H and O–H groups in total. The Morgan fingerprint density at radius 2 is 1.74 bits per heavy atom. The van der Waals surface area contributed by atoms with Crippen molar-refractivity contribution >= 4 is 17.8 Å². The Hall–Kier alpha value is -3.94. The second-order valence-electron chi connectivity index (χ2n) is 9.72. The zero-order chi connectivity index (χ0) is 23.9. The fourth-order valence-electron chi connectivity index (χ4n) is 4.35. The Balaban J connectivity index is 1.51. The maximum absolute atomic E-state index is 12.5. The third-order valence-corrected chi connectivity index (χ3v) is 6.09. The van der Waals surface area contributed by atoms with Crippen molar-refractivity contribution in [2.24, 2.45) is 0 Å². The molecule has 8 heteroatoms. The molecule has 0 aliphatic heterocycles. The lowest BCUT2D eigenvalue weighted by Gasteiger charge is -2.43. The topological polar surface area (TPSA) is 107 Å². The lowest BCUT2D eigenvalue weighted by atomic mass is 9.71. The number of rotatable bonds is 4. The van der Waals surface area contributed by atoms with Gasteiger partial charge < -0.3 is 15.8 Å². The molecular weight excluding hydrogens is 428 g/mol. The number of hydrogen-bond donors (Lipinski definition) is 2. The van der Waals surface area contributed by atoms with Crippen LogP contribution >= 0.6 is 0 Å². The summed E-state index contributed by atoms with van der Waals surface area (Å²) in [6.07, 6.45) is 4.33. The summed E-state index contributed by atoms with van der Waals surface area (Å²) in [5.41, 5.74) is 9.61. The summed E-state index contributed by atoms with van der Waals surface area (Å²) in [7, 11) is 0. The van der Waals surface area contributed by atoms with Gasteiger partial charge in [-0.2, -0.15) is 4.98 Å². The molecule has 2 aromatic carbocycles. The van der Waals surface area contributed by atoms with Crippen molar-refractivity contribution in [2.45, 2.75) is 51.2 Å². The number of aromatic nitrogens is 4. The molecule has 1 saturated carbocycles. The summed E-state index contributed by atoms with van der Waals surface area (Å²) in [6.45, 7) is 5.60. The highest BCUT2D eigenvalue weighted by Crippen LogP contribution is 2.42. The van der Waals surface area contributed by atoms with Crippen LogP contribution in [0.1, 0.15) is 45.6 Å². The Bertz CT molecular complexity index is 1340. The van der Waals surface area contributed by atoms with Gasteiger partial charge in [-0.25, -0.2) is 14.3 Å². The summed E-state index contributed by atoms with van der Waals surface area (Å²) in [5, 5.41) is 7.33. The first-order chi connectivity index (χ1) is 16.2. The van der Waals surface area contributed by atoms with Crippen molar-refractivity contribution in [3.8, 4) is 22.4 Å². The predicted octanol–water partition coefficient (Wildman–Crippen LogP) is 4.94. The van der Waals surface area contributed by atoms with Gasteiger partial charge in [0, 0.05) is 17.3 Å². The summed E-state index contributed by atoms with van der Waals surface area (Å²) in [6, 6.07) is 18.2. The summed E-state index contributed by atoms with van der Waals surface area (Å²) >= 11 is 0. The van der Waals surface area contributed by atoms with Crippen molar-refractivity contribution in [1.82, 2.24) is 24.9 Å². The van der Waals surface area contributed by atoms with E-state index in [1.807, 2.05) is 69.4 Å². The zero-order valence-corrected chi connectivity index (χ0v) is 19.6. The summed E-state index contributed by atoms with van der Waals surface area (Å²) in [5.74, 6) is 0.623. The number of nitrogens with two attached hydrogens (primary N) is 1. The molecule has 0 radical (unpaired) electrons. The molecule has 1 amide bonds. The van der Waals surface area contributed by atoms with Gasteiger partial charge in [0.1, 0.15) is 5.60 Å². The second kappa shape index (κ2) is 8.13. The van der Waals surface area contributed by atoms with Crippen LogP contribution in [0, 0.1) is 0 Å².